The number of ether oxygens (including phenoxy) is 1. The molecule has 25 heavy (non-hydrogen) atoms. The Labute approximate surface area is 158 Å². The summed E-state index contributed by atoms with van der Waals surface area (Å²) in [5, 5.41) is 3.69. The van der Waals surface area contributed by atoms with Crippen LogP contribution in [0.5, 0.6) is 0 Å². The maximum Gasteiger partial charge on any atom is 0.410 e. The van der Waals surface area contributed by atoms with Crippen molar-refractivity contribution in [2.75, 3.05) is 13.1 Å². The molecule has 1 amide bonds. The predicted molar refractivity (Wildman–Crippen MR) is 98.8 cm³/mol. The third-order valence-corrected chi connectivity index (χ3v) is 4.54. The summed E-state index contributed by atoms with van der Waals surface area (Å²) in [5.74, 6) is -0.497. The Morgan fingerprint density at radius 1 is 1.36 bits per heavy atom. The van der Waals surface area contributed by atoms with Crippen molar-refractivity contribution in [2.45, 2.75) is 58.2 Å². The van der Waals surface area contributed by atoms with Gasteiger partial charge in [-0.2, -0.15) is 0 Å². The molecule has 0 aromatic heterocycles. The van der Waals surface area contributed by atoms with Gasteiger partial charge in [0.05, 0.1) is 5.02 Å². The Hall–Kier alpha value is -1.04. The summed E-state index contributed by atoms with van der Waals surface area (Å²) < 4.78 is 19.1. The van der Waals surface area contributed by atoms with Gasteiger partial charge in [-0.1, -0.05) is 23.2 Å². The number of carbonyl (C=O) groups is 1. The minimum Gasteiger partial charge on any atom is -0.444 e. The summed E-state index contributed by atoms with van der Waals surface area (Å²) >= 11 is 11.9. The molecule has 140 valence electrons. The highest BCUT2D eigenvalue weighted by Gasteiger charge is 2.34. The highest BCUT2D eigenvalue weighted by molar-refractivity contribution is 6.35. The van der Waals surface area contributed by atoms with E-state index in [0.717, 1.165) is 12.8 Å². The van der Waals surface area contributed by atoms with Crippen LogP contribution in [0.2, 0.25) is 10.0 Å². The molecule has 1 N–H and O–H groups in total. The van der Waals surface area contributed by atoms with Gasteiger partial charge in [0, 0.05) is 30.2 Å². The highest BCUT2D eigenvalue weighted by Crippen LogP contribution is 2.30. The minimum atomic E-state index is -0.515. The SMILES string of the molecule is CC(NCCN(C(=O)OC(C)(C)C)C1CC1)c1cc(F)c(Cl)cc1Cl. The Morgan fingerprint density at radius 3 is 2.56 bits per heavy atom. The molecule has 1 aliphatic carbocycles. The predicted octanol–water partition coefficient (Wildman–Crippen LogP) is 5.18. The number of hydrogen-bond donors (Lipinski definition) is 1. The molecule has 0 radical (unpaired) electrons. The summed E-state index contributed by atoms with van der Waals surface area (Å²) in [5.41, 5.74) is 0.123. The van der Waals surface area contributed by atoms with E-state index in [1.165, 1.54) is 12.1 Å². The molecule has 7 heteroatoms. The Bertz CT molecular complexity index is 630. The second-order valence-electron chi connectivity index (χ2n) is 7.37. The van der Waals surface area contributed by atoms with Crippen molar-refractivity contribution >= 4 is 29.3 Å². The summed E-state index contributed by atoms with van der Waals surface area (Å²) in [4.78, 5) is 14.1. The second-order valence-corrected chi connectivity index (χ2v) is 8.18. The molecule has 1 unspecified atom stereocenters. The lowest BCUT2D eigenvalue weighted by atomic mass is 10.1. The van der Waals surface area contributed by atoms with Crippen molar-refractivity contribution < 1.29 is 13.9 Å². The minimum absolute atomic E-state index is 0.00536. The van der Waals surface area contributed by atoms with E-state index < -0.39 is 11.4 Å². The summed E-state index contributed by atoms with van der Waals surface area (Å²) in [6.07, 6.45) is 1.71. The molecule has 2 rings (SSSR count). The highest BCUT2D eigenvalue weighted by atomic mass is 35.5. The molecule has 0 heterocycles. The molecule has 1 fully saturated rings. The second kappa shape index (κ2) is 8.11. The fraction of sp³-hybridized carbons (Fsp3) is 0.611. The number of rotatable bonds is 6. The van der Waals surface area contributed by atoms with Crippen LogP contribution in [-0.4, -0.2) is 35.7 Å². The van der Waals surface area contributed by atoms with Crippen LogP contribution < -0.4 is 5.32 Å². The van der Waals surface area contributed by atoms with Gasteiger partial charge in [-0.05, 0) is 58.2 Å². The lowest BCUT2D eigenvalue weighted by Crippen LogP contribution is -2.42. The molecule has 0 bridgehead atoms. The van der Waals surface area contributed by atoms with Gasteiger partial charge in [0.2, 0.25) is 0 Å². The van der Waals surface area contributed by atoms with Gasteiger partial charge in [-0.25, -0.2) is 9.18 Å². The van der Waals surface area contributed by atoms with Crippen molar-refractivity contribution in [1.82, 2.24) is 10.2 Å². The molecule has 1 aromatic carbocycles. The van der Waals surface area contributed by atoms with Crippen molar-refractivity contribution in [1.29, 1.82) is 0 Å². The quantitative estimate of drug-likeness (QED) is 0.680. The average molecular weight is 391 g/mol. The first-order valence-electron chi connectivity index (χ1n) is 8.46. The molecule has 0 saturated heterocycles. The van der Waals surface area contributed by atoms with Crippen LogP contribution in [0.3, 0.4) is 0 Å². The number of hydrogen-bond acceptors (Lipinski definition) is 3. The largest absolute Gasteiger partial charge is 0.444 e. The van der Waals surface area contributed by atoms with Crippen LogP contribution in [0.25, 0.3) is 0 Å². The van der Waals surface area contributed by atoms with E-state index in [9.17, 15) is 9.18 Å². The molecule has 4 nitrogen and oxygen atoms in total. The molecular formula is C18H25Cl2FN2O2. The number of nitrogens with one attached hydrogen (secondary N) is 1. The van der Waals surface area contributed by atoms with Crippen LogP contribution in [0.1, 0.15) is 52.1 Å². The lowest BCUT2D eigenvalue weighted by Gasteiger charge is -2.28. The first-order valence-corrected chi connectivity index (χ1v) is 9.21. The van der Waals surface area contributed by atoms with Gasteiger partial charge >= 0.3 is 6.09 Å². The van der Waals surface area contributed by atoms with Crippen LogP contribution in [0, 0.1) is 5.82 Å². The van der Waals surface area contributed by atoms with E-state index in [4.69, 9.17) is 27.9 Å². The normalized spacial score (nSPS) is 15.8. The van der Waals surface area contributed by atoms with E-state index >= 15 is 0 Å². The number of carbonyl (C=O) groups excluding carboxylic acids is 1. The number of benzene rings is 1. The van der Waals surface area contributed by atoms with Crippen molar-refractivity contribution in [3.8, 4) is 0 Å². The van der Waals surface area contributed by atoms with Gasteiger partial charge in [0.15, 0.2) is 0 Å². The van der Waals surface area contributed by atoms with E-state index in [2.05, 4.69) is 5.32 Å². The molecule has 0 spiro atoms. The molecule has 1 atom stereocenters. The lowest BCUT2D eigenvalue weighted by molar-refractivity contribution is 0.0235. The first-order chi connectivity index (χ1) is 11.6. The molecular weight excluding hydrogens is 366 g/mol. The first kappa shape index (κ1) is 20.3. The van der Waals surface area contributed by atoms with E-state index in [-0.39, 0.29) is 23.2 Å². The summed E-state index contributed by atoms with van der Waals surface area (Å²) in [6, 6.07) is 2.83. The van der Waals surface area contributed by atoms with Crippen LogP contribution in [-0.2, 0) is 4.74 Å². The van der Waals surface area contributed by atoms with Crippen LogP contribution >= 0.6 is 23.2 Å². The van der Waals surface area contributed by atoms with Gasteiger partial charge in [0.1, 0.15) is 11.4 Å². The third-order valence-electron chi connectivity index (χ3n) is 3.92. The van der Waals surface area contributed by atoms with Gasteiger partial charge in [-0.15, -0.1) is 0 Å². The molecule has 0 aliphatic heterocycles. The summed E-state index contributed by atoms with van der Waals surface area (Å²) in [7, 11) is 0. The Morgan fingerprint density at radius 2 is 2.00 bits per heavy atom. The maximum absolute atomic E-state index is 13.7. The fourth-order valence-electron chi connectivity index (χ4n) is 2.51. The van der Waals surface area contributed by atoms with Gasteiger partial charge < -0.3 is 15.0 Å². The van der Waals surface area contributed by atoms with Crippen molar-refractivity contribution in [3.63, 3.8) is 0 Å². The van der Waals surface area contributed by atoms with Gasteiger partial charge in [0.25, 0.3) is 0 Å². The van der Waals surface area contributed by atoms with Gasteiger partial charge in [-0.3, -0.25) is 0 Å². The van der Waals surface area contributed by atoms with E-state index in [1.54, 1.807) is 4.90 Å². The Kier molecular flexibility index (Phi) is 6.57. The number of halogens is 3. The monoisotopic (exact) mass is 390 g/mol. The van der Waals surface area contributed by atoms with Crippen molar-refractivity contribution in [3.05, 3.63) is 33.6 Å². The third kappa shape index (κ3) is 6.01. The topological polar surface area (TPSA) is 41.6 Å². The smallest absolute Gasteiger partial charge is 0.410 e. The zero-order chi connectivity index (χ0) is 18.8. The zero-order valence-electron chi connectivity index (χ0n) is 15.0. The molecule has 1 aliphatic rings. The number of amides is 1. The van der Waals surface area contributed by atoms with Crippen molar-refractivity contribution in [2.24, 2.45) is 0 Å². The van der Waals surface area contributed by atoms with Crippen LogP contribution in [0.4, 0.5) is 9.18 Å². The zero-order valence-corrected chi connectivity index (χ0v) is 16.5. The fourth-order valence-corrected chi connectivity index (χ4v) is 3.06. The number of nitrogens with zero attached hydrogens (tertiary/aromatic N) is 1. The Balaban J connectivity index is 1.91. The van der Waals surface area contributed by atoms with E-state index in [0.29, 0.717) is 23.7 Å². The maximum atomic E-state index is 13.7. The average Bonchev–Trinajstić information content (AvgIpc) is 3.29. The summed E-state index contributed by atoms with van der Waals surface area (Å²) in [6.45, 7) is 8.53. The molecule has 1 saturated carbocycles. The van der Waals surface area contributed by atoms with E-state index in [1.807, 2.05) is 27.7 Å². The standard InChI is InChI=1S/C18H25Cl2FN2O2/c1-11(13-9-16(21)15(20)10-14(13)19)22-7-8-23(12-5-6-12)17(24)25-18(2,3)4/h9-12,22H,5-8H2,1-4H3. The van der Waals surface area contributed by atoms with Crippen LogP contribution in [0.15, 0.2) is 12.1 Å². The molecule has 1 aromatic rings.